The van der Waals surface area contributed by atoms with Crippen molar-refractivity contribution in [3.05, 3.63) is 29.8 Å². The molecular weight excluding hydrogens is 374 g/mol. The van der Waals surface area contributed by atoms with Crippen LogP contribution in [0.4, 0.5) is 4.79 Å². The number of ether oxygens (including phenoxy) is 3. The van der Waals surface area contributed by atoms with Crippen molar-refractivity contribution in [2.24, 2.45) is 4.99 Å². The number of amides is 1. The van der Waals surface area contributed by atoms with Gasteiger partial charge in [-0.05, 0) is 39.8 Å². The molecule has 0 unspecified atom stereocenters. The average molecular weight is 401 g/mol. The minimum absolute atomic E-state index is 0.0870. The Morgan fingerprint density at radius 1 is 1.04 bits per heavy atom. The van der Waals surface area contributed by atoms with E-state index in [1.165, 1.54) is 18.3 Å². The van der Waals surface area contributed by atoms with Gasteiger partial charge in [-0.3, -0.25) is 4.18 Å². The third-order valence-electron chi connectivity index (χ3n) is 2.93. The van der Waals surface area contributed by atoms with Crippen LogP contribution in [0.15, 0.2) is 34.2 Å². The molecule has 0 aromatic heterocycles. The molecule has 0 fully saturated rings. The first-order valence-corrected chi connectivity index (χ1v) is 9.88. The quantitative estimate of drug-likeness (QED) is 0.337. The molecule has 0 saturated carbocycles. The maximum Gasteiger partial charge on any atom is 0.433 e. The molecule has 0 radical (unpaired) electrons. The van der Waals surface area contributed by atoms with Crippen LogP contribution in [0.5, 0.6) is 0 Å². The van der Waals surface area contributed by atoms with Gasteiger partial charge in [0.1, 0.15) is 5.60 Å². The van der Waals surface area contributed by atoms with Crippen LogP contribution < -0.4 is 0 Å². The molecule has 0 aliphatic carbocycles. The predicted molar refractivity (Wildman–Crippen MR) is 101 cm³/mol. The Balaban J connectivity index is 2.09. The highest BCUT2D eigenvalue weighted by Gasteiger charge is 2.15. The molecule has 0 saturated heterocycles. The number of aryl methyl sites for hydroxylation is 1. The normalized spacial score (nSPS) is 12.4. The topological polar surface area (TPSA) is 100 Å². The second-order valence-corrected chi connectivity index (χ2v) is 8.18. The van der Waals surface area contributed by atoms with Crippen LogP contribution in [0.2, 0.25) is 0 Å². The van der Waals surface area contributed by atoms with E-state index in [2.05, 4.69) is 4.99 Å². The van der Waals surface area contributed by atoms with E-state index in [-0.39, 0.29) is 37.9 Å². The molecule has 0 bridgehead atoms. The summed E-state index contributed by atoms with van der Waals surface area (Å²) >= 11 is 0. The lowest BCUT2D eigenvalue weighted by molar-refractivity contribution is 0.0485. The number of carbonyl (C=O) groups is 1. The molecule has 0 atom stereocenters. The van der Waals surface area contributed by atoms with Crippen LogP contribution in [0.3, 0.4) is 0 Å². The SMILES string of the molecule is Cc1ccc(S(=O)(=O)OCCOCCOCC=NC(=O)OC(C)(C)C)cc1. The van der Waals surface area contributed by atoms with Gasteiger partial charge in [0, 0.05) is 6.21 Å². The van der Waals surface area contributed by atoms with Gasteiger partial charge in [0.2, 0.25) is 0 Å². The van der Waals surface area contributed by atoms with Gasteiger partial charge in [0.25, 0.3) is 10.1 Å². The maximum absolute atomic E-state index is 11.9. The molecule has 27 heavy (non-hydrogen) atoms. The van der Waals surface area contributed by atoms with E-state index in [1.807, 2.05) is 6.92 Å². The smallest absolute Gasteiger partial charge is 0.433 e. The lowest BCUT2D eigenvalue weighted by atomic mass is 10.2. The second kappa shape index (κ2) is 11.1. The van der Waals surface area contributed by atoms with Crippen LogP contribution in [0.1, 0.15) is 26.3 Å². The Morgan fingerprint density at radius 2 is 1.63 bits per heavy atom. The standard InChI is InChI=1S/C18H27NO7S/c1-15-5-7-16(8-6-15)27(21,22)25-14-13-24-12-11-23-10-9-19-17(20)26-18(2,3)4/h5-9H,10-14H2,1-4H3. The van der Waals surface area contributed by atoms with Crippen LogP contribution in [-0.2, 0) is 28.5 Å². The van der Waals surface area contributed by atoms with Gasteiger partial charge in [0.15, 0.2) is 0 Å². The Morgan fingerprint density at radius 3 is 2.26 bits per heavy atom. The molecule has 0 aliphatic rings. The lowest BCUT2D eigenvalue weighted by Crippen LogP contribution is -2.22. The summed E-state index contributed by atoms with van der Waals surface area (Å²) in [6.07, 6.45) is 0.639. The van der Waals surface area contributed by atoms with Crippen LogP contribution in [0.25, 0.3) is 0 Å². The van der Waals surface area contributed by atoms with Crippen molar-refractivity contribution in [2.75, 3.05) is 33.0 Å². The summed E-state index contributed by atoms with van der Waals surface area (Å²) in [7, 11) is -3.78. The summed E-state index contributed by atoms with van der Waals surface area (Å²) in [4.78, 5) is 15.0. The molecular formula is C18H27NO7S. The zero-order chi connectivity index (χ0) is 20.3. The molecule has 0 heterocycles. The summed E-state index contributed by atoms with van der Waals surface area (Å²) < 4.78 is 44.2. The van der Waals surface area contributed by atoms with Gasteiger partial charge in [0.05, 0.1) is 37.9 Å². The van der Waals surface area contributed by atoms with Crippen molar-refractivity contribution >= 4 is 22.4 Å². The molecule has 1 rings (SSSR count). The Labute approximate surface area is 160 Å². The third-order valence-corrected chi connectivity index (χ3v) is 4.26. The number of nitrogens with zero attached hydrogens (tertiary/aromatic N) is 1. The van der Waals surface area contributed by atoms with Crippen molar-refractivity contribution in [3.63, 3.8) is 0 Å². The van der Waals surface area contributed by atoms with E-state index in [4.69, 9.17) is 18.4 Å². The first-order valence-electron chi connectivity index (χ1n) is 8.47. The van der Waals surface area contributed by atoms with Gasteiger partial charge in [-0.1, -0.05) is 17.7 Å². The Hall–Kier alpha value is -1.81. The largest absolute Gasteiger partial charge is 0.442 e. The Bertz CT molecular complexity index is 706. The fraction of sp³-hybridized carbons (Fsp3) is 0.556. The zero-order valence-corrected chi connectivity index (χ0v) is 17.0. The number of rotatable bonds is 10. The minimum atomic E-state index is -3.78. The van der Waals surface area contributed by atoms with E-state index in [0.717, 1.165) is 5.56 Å². The molecule has 1 aromatic carbocycles. The van der Waals surface area contributed by atoms with E-state index in [9.17, 15) is 13.2 Å². The van der Waals surface area contributed by atoms with E-state index < -0.39 is 21.8 Å². The third kappa shape index (κ3) is 10.8. The first kappa shape index (κ1) is 23.2. The second-order valence-electron chi connectivity index (χ2n) is 6.57. The molecule has 8 nitrogen and oxygen atoms in total. The van der Waals surface area contributed by atoms with Crippen molar-refractivity contribution < 1.29 is 31.6 Å². The number of hydrogen-bond donors (Lipinski definition) is 0. The lowest BCUT2D eigenvalue weighted by Gasteiger charge is -2.17. The molecule has 0 N–H and O–H groups in total. The highest BCUT2D eigenvalue weighted by Crippen LogP contribution is 2.12. The van der Waals surface area contributed by atoms with Gasteiger partial charge in [-0.25, -0.2) is 4.79 Å². The molecule has 1 amide bonds. The highest BCUT2D eigenvalue weighted by atomic mass is 32.2. The molecule has 1 aromatic rings. The van der Waals surface area contributed by atoms with E-state index in [0.29, 0.717) is 0 Å². The summed E-state index contributed by atoms with van der Waals surface area (Å²) in [5.74, 6) is 0. The van der Waals surface area contributed by atoms with Gasteiger partial charge in [-0.15, -0.1) is 0 Å². The molecule has 152 valence electrons. The number of hydrogen-bond acceptors (Lipinski definition) is 7. The van der Waals surface area contributed by atoms with Crippen molar-refractivity contribution in [3.8, 4) is 0 Å². The zero-order valence-electron chi connectivity index (χ0n) is 16.1. The fourth-order valence-corrected chi connectivity index (χ4v) is 2.62. The minimum Gasteiger partial charge on any atom is -0.442 e. The van der Waals surface area contributed by atoms with Gasteiger partial charge in [-0.2, -0.15) is 13.4 Å². The van der Waals surface area contributed by atoms with Crippen molar-refractivity contribution in [1.29, 1.82) is 0 Å². The number of aliphatic imine (C=N–C) groups is 1. The Kier molecular flexibility index (Phi) is 9.57. The fourth-order valence-electron chi connectivity index (χ4n) is 1.73. The summed E-state index contributed by atoms with van der Waals surface area (Å²) in [5.41, 5.74) is 0.381. The van der Waals surface area contributed by atoms with Crippen molar-refractivity contribution in [2.45, 2.75) is 38.2 Å². The molecule has 9 heteroatoms. The molecule has 0 aliphatic heterocycles. The number of benzene rings is 1. The monoisotopic (exact) mass is 401 g/mol. The van der Waals surface area contributed by atoms with Gasteiger partial charge < -0.3 is 14.2 Å². The first-order chi connectivity index (χ1) is 12.6. The van der Waals surface area contributed by atoms with Crippen LogP contribution >= 0.6 is 0 Å². The van der Waals surface area contributed by atoms with Crippen molar-refractivity contribution in [1.82, 2.24) is 0 Å². The maximum atomic E-state index is 11.9. The van der Waals surface area contributed by atoms with Crippen LogP contribution in [-0.4, -0.2) is 59.4 Å². The molecule has 0 spiro atoms. The predicted octanol–water partition coefficient (Wildman–Crippen LogP) is 2.74. The highest BCUT2D eigenvalue weighted by molar-refractivity contribution is 7.86. The summed E-state index contributed by atoms with van der Waals surface area (Å²) in [5, 5.41) is 0. The van der Waals surface area contributed by atoms with E-state index >= 15 is 0 Å². The summed E-state index contributed by atoms with van der Waals surface area (Å²) in [6, 6.07) is 6.41. The van der Waals surface area contributed by atoms with Gasteiger partial charge >= 0.3 is 6.09 Å². The van der Waals surface area contributed by atoms with Crippen LogP contribution in [0, 0.1) is 6.92 Å². The van der Waals surface area contributed by atoms with E-state index in [1.54, 1.807) is 32.9 Å². The average Bonchev–Trinajstić information content (AvgIpc) is 2.55. The summed E-state index contributed by atoms with van der Waals surface area (Å²) in [6.45, 7) is 7.82. The number of carbonyl (C=O) groups excluding carboxylic acids is 1.